The summed E-state index contributed by atoms with van der Waals surface area (Å²) < 4.78 is 0. The molecule has 0 fully saturated rings. The van der Waals surface area contributed by atoms with Crippen LogP contribution in [0.15, 0.2) is 40.3 Å². The molecule has 0 aliphatic heterocycles. The van der Waals surface area contributed by atoms with E-state index >= 15 is 0 Å². The second kappa shape index (κ2) is 5.18. The standard InChI is InChI=1S/C10H15N2PSi/c1-14(2,3)9-11-12-13-10-7-5-4-6-8-10/h4-9H,1-3H3/b11-9+. The maximum absolute atomic E-state index is 4.10. The number of hydrogen-bond acceptors (Lipinski definition) is 1. The summed E-state index contributed by atoms with van der Waals surface area (Å²) in [5.41, 5.74) is 0. The first-order valence-corrected chi connectivity index (χ1v) is 9.01. The number of benzene rings is 1. The third kappa shape index (κ3) is 5.05. The molecular formula is C10H15N2PSi. The van der Waals surface area contributed by atoms with E-state index in [1.807, 2.05) is 24.0 Å². The van der Waals surface area contributed by atoms with Crippen LogP contribution in [0.3, 0.4) is 0 Å². The van der Waals surface area contributed by atoms with Gasteiger partial charge in [0.1, 0.15) is 0 Å². The Labute approximate surface area is 88.0 Å². The highest BCUT2D eigenvalue weighted by Crippen LogP contribution is 2.02. The fourth-order valence-electron chi connectivity index (χ4n) is 0.771. The molecule has 0 aliphatic carbocycles. The molecule has 74 valence electrons. The van der Waals surface area contributed by atoms with Gasteiger partial charge < -0.3 is 0 Å². The van der Waals surface area contributed by atoms with E-state index in [1.54, 1.807) is 0 Å². The van der Waals surface area contributed by atoms with Gasteiger partial charge in [-0.15, -0.1) is 4.85 Å². The van der Waals surface area contributed by atoms with Crippen LogP contribution in [-0.2, 0) is 0 Å². The van der Waals surface area contributed by atoms with Crippen molar-refractivity contribution in [3.05, 3.63) is 30.3 Å². The third-order valence-electron chi connectivity index (χ3n) is 1.41. The summed E-state index contributed by atoms with van der Waals surface area (Å²) in [7, 11) is -0.260. The first kappa shape index (κ1) is 11.3. The predicted octanol–water partition coefficient (Wildman–Crippen LogP) is 3.30. The first-order valence-electron chi connectivity index (χ1n) is 4.58. The summed E-state index contributed by atoms with van der Waals surface area (Å²) in [4.78, 5) is 4.10. The monoisotopic (exact) mass is 222 g/mol. The van der Waals surface area contributed by atoms with E-state index in [-0.39, 0.29) is 0 Å². The van der Waals surface area contributed by atoms with E-state index < -0.39 is 8.07 Å². The lowest BCUT2D eigenvalue weighted by Crippen LogP contribution is -2.21. The van der Waals surface area contributed by atoms with Gasteiger partial charge >= 0.3 is 0 Å². The fraction of sp³-hybridized carbons (Fsp3) is 0.300. The van der Waals surface area contributed by atoms with Crippen molar-refractivity contribution < 1.29 is 0 Å². The van der Waals surface area contributed by atoms with Gasteiger partial charge in [-0.3, -0.25) is 0 Å². The van der Waals surface area contributed by atoms with Gasteiger partial charge in [-0.05, 0) is 12.1 Å². The van der Waals surface area contributed by atoms with Crippen molar-refractivity contribution in [1.29, 1.82) is 0 Å². The zero-order valence-corrected chi connectivity index (χ0v) is 10.7. The Bertz CT molecular complexity index is 328. The van der Waals surface area contributed by atoms with Crippen molar-refractivity contribution >= 4 is 27.6 Å². The first-order chi connectivity index (χ1) is 6.58. The van der Waals surface area contributed by atoms with Crippen molar-refractivity contribution in [3.63, 3.8) is 0 Å². The van der Waals surface area contributed by atoms with Crippen molar-refractivity contribution in [3.8, 4) is 0 Å². The van der Waals surface area contributed by atoms with Crippen LogP contribution in [0.4, 0.5) is 0 Å². The maximum Gasteiger partial charge on any atom is 0.0942 e. The highest BCUT2D eigenvalue weighted by Gasteiger charge is 2.07. The van der Waals surface area contributed by atoms with Gasteiger partial charge in [0.2, 0.25) is 0 Å². The lowest BCUT2D eigenvalue weighted by Gasteiger charge is -2.04. The van der Waals surface area contributed by atoms with Crippen molar-refractivity contribution in [2.24, 2.45) is 9.96 Å². The Morgan fingerprint density at radius 3 is 2.36 bits per heavy atom. The lowest BCUT2D eigenvalue weighted by atomic mass is 10.4. The van der Waals surface area contributed by atoms with Crippen LogP contribution in [0.1, 0.15) is 0 Å². The Hall–Kier alpha value is -0.793. The molecule has 1 aromatic rings. The summed E-state index contributed by atoms with van der Waals surface area (Å²) in [5, 5.41) is 5.27. The summed E-state index contributed by atoms with van der Waals surface area (Å²) in [6.07, 6.45) is 0. The van der Waals surface area contributed by atoms with Crippen molar-refractivity contribution in [2.75, 3.05) is 0 Å². The Morgan fingerprint density at radius 1 is 1.14 bits per heavy atom. The van der Waals surface area contributed by atoms with Crippen LogP contribution < -0.4 is 5.30 Å². The molecule has 0 atom stereocenters. The van der Waals surface area contributed by atoms with Crippen LogP contribution in [-0.4, -0.2) is 13.9 Å². The summed E-state index contributed by atoms with van der Waals surface area (Å²) in [6.45, 7) is 6.72. The minimum Gasteiger partial charge on any atom is -0.164 e. The van der Waals surface area contributed by atoms with Gasteiger partial charge in [-0.1, -0.05) is 37.8 Å². The average molecular weight is 222 g/mol. The molecule has 0 bridgehead atoms. The van der Waals surface area contributed by atoms with E-state index in [9.17, 15) is 0 Å². The molecule has 0 N–H and O–H groups in total. The largest absolute Gasteiger partial charge is 0.164 e. The molecule has 0 unspecified atom stereocenters. The number of hydrogen-bond donors (Lipinski definition) is 0. The average Bonchev–Trinajstić information content (AvgIpc) is 2.13. The SMILES string of the molecule is C[Si](C)(C)/C=N/N=Pc1ccccc1. The normalized spacial score (nSPS) is 12.8. The lowest BCUT2D eigenvalue weighted by molar-refractivity contribution is 1.30. The number of rotatable bonds is 3. The number of nitrogens with zero attached hydrogens (tertiary/aromatic N) is 2. The van der Waals surface area contributed by atoms with Crippen LogP contribution in [0.5, 0.6) is 0 Å². The molecule has 0 radical (unpaired) electrons. The molecule has 2 nitrogen and oxygen atoms in total. The highest BCUT2D eigenvalue weighted by atomic mass is 31.1. The van der Waals surface area contributed by atoms with E-state index in [4.69, 9.17) is 0 Å². The second-order valence-electron chi connectivity index (χ2n) is 4.14. The van der Waals surface area contributed by atoms with Crippen LogP contribution in [0.25, 0.3) is 0 Å². The van der Waals surface area contributed by atoms with Crippen LogP contribution >= 0.6 is 8.37 Å². The minimum absolute atomic E-state index is 0.925. The fourth-order valence-corrected chi connectivity index (χ4v) is 1.78. The van der Waals surface area contributed by atoms with Crippen LogP contribution in [0.2, 0.25) is 19.6 Å². The molecule has 0 saturated heterocycles. The van der Waals surface area contributed by atoms with Crippen molar-refractivity contribution in [2.45, 2.75) is 19.6 Å². The minimum atomic E-state index is -1.19. The van der Waals surface area contributed by atoms with Gasteiger partial charge in [0.05, 0.1) is 16.4 Å². The Kier molecular flexibility index (Phi) is 4.17. The van der Waals surface area contributed by atoms with Gasteiger partial charge in [0, 0.05) is 11.1 Å². The molecule has 4 heteroatoms. The molecule has 0 aliphatic rings. The maximum atomic E-state index is 4.10. The Balaban J connectivity index is 2.54. The van der Waals surface area contributed by atoms with Gasteiger partial charge in [0.25, 0.3) is 0 Å². The molecule has 0 amide bonds. The van der Waals surface area contributed by atoms with Crippen LogP contribution in [0, 0.1) is 0 Å². The molecule has 14 heavy (non-hydrogen) atoms. The summed E-state index contributed by atoms with van der Waals surface area (Å²) >= 11 is 0. The molecule has 0 heterocycles. The quantitative estimate of drug-likeness (QED) is 0.324. The van der Waals surface area contributed by atoms with Gasteiger partial charge in [-0.2, -0.15) is 5.10 Å². The highest BCUT2D eigenvalue weighted by molar-refractivity contribution is 7.36. The second-order valence-corrected chi connectivity index (χ2v) is 10.0. The molecular weight excluding hydrogens is 207 g/mol. The van der Waals surface area contributed by atoms with Gasteiger partial charge in [-0.25, -0.2) is 0 Å². The smallest absolute Gasteiger partial charge is 0.0942 e. The summed E-state index contributed by atoms with van der Waals surface area (Å²) in [6, 6.07) is 10.1. The molecule has 1 rings (SSSR count). The molecule has 0 aromatic heterocycles. The molecule has 1 aromatic carbocycles. The Morgan fingerprint density at radius 2 is 1.79 bits per heavy atom. The zero-order valence-electron chi connectivity index (χ0n) is 8.81. The van der Waals surface area contributed by atoms with E-state index in [0.29, 0.717) is 0 Å². The van der Waals surface area contributed by atoms with Crippen molar-refractivity contribution in [1.82, 2.24) is 0 Å². The predicted molar refractivity (Wildman–Crippen MR) is 67.3 cm³/mol. The van der Waals surface area contributed by atoms with Gasteiger partial charge in [0.15, 0.2) is 0 Å². The van der Waals surface area contributed by atoms with E-state index in [2.05, 4.69) is 41.7 Å². The van der Waals surface area contributed by atoms with E-state index in [0.717, 1.165) is 8.37 Å². The zero-order chi connectivity index (χ0) is 10.4. The third-order valence-corrected chi connectivity index (χ3v) is 3.02. The van der Waals surface area contributed by atoms with E-state index in [1.165, 1.54) is 5.30 Å². The summed E-state index contributed by atoms with van der Waals surface area (Å²) in [5.74, 6) is 2.00. The topological polar surface area (TPSA) is 24.7 Å². The molecule has 0 saturated carbocycles. The molecule has 0 spiro atoms.